The first-order valence-electron chi connectivity index (χ1n) is 5.96. The molecule has 0 bridgehead atoms. The minimum atomic E-state index is 0.324. The first kappa shape index (κ1) is 12.9. The molecule has 1 aliphatic heterocycles. The van der Waals surface area contributed by atoms with Crippen molar-refractivity contribution in [3.63, 3.8) is 0 Å². The second kappa shape index (κ2) is 6.46. The van der Waals surface area contributed by atoms with Crippen molar-refractivity contribution in [3.8, 4) is 0 Å². The Bertz CT molecular complexity index is 165. The highest BCUT2D eigenvalue weighted by Crippen LogP contribution is 2.31. The summed E-state index contributed by atoms with van der Waals surface area (Å²) in [5.41, 5.74) is 0.324. The normalized spacial score (nSPS) is 26.4. The zero-order valence-corrected chi connectivity index (χ0v) is 10.3. The lowest BCUT2D eigenvalue weighted by Crippen LogP contribution is -2.37. The summed E-state index contributed by atoms with van der Waals surface area (Å²) in [4.78, 5) is 0. The number of rotatable bonds is 7. The minimum Gasteiger partial charge on any atom is -0.385 e. The highest BCUT2D eigenvalue weighted by Gasteiger charge is 2.34. The van der Waals surface area contributed by atoms with E-state index in [1.165, 1.54) is 6.42 Å². The van der Waals surface area contributed by atoms with Crippen LogP contribution in [0.25, 0.3) is 0 Å². The highest BCUT2D eigenvalue weighted by molar-refractivity contribution is 4.85. The van der Waals surface area contributed by atoms with E-state index in [1.54, 1.807) is 7.11 Å². The Balaban J connectivity index is 2.29. The number of ether oxygens (including phenoxy) is 2. The van der Waals surface area contributed by atoms with Gasteiger partial charge in [-0.2, -0.15) is 0 Å². The molecule has 1 N–H and O–H groups in total. The van der Waals surface area contributed by atoms with Crippen LogP contribution in [0, 0.1) is 11.3 Å². The van der Waals surface area contributed by atoms with Crippen molar-refractivity contribution in [1.82, 2.24) is 5.32 Å². The van der Waals surface area contributed by atoms with Crippen LogP contribution in [0.5, 0.6) is 0 Å². The quantitative estimate of drug-likeness (QED) is 0.701. The zero-order valence-electron chi connectivity index (χ0n) is 10.3. The van der Waals surface area contributed by atoms with Crippen molar-refractivity contribution < 1.29 is 9.47 Å². The molecule has 90 valence electrons. The summed E-state index contributed by atoms with van der Waals surface area (Å²) >= 11 is 0. The van der Waals surface area contributed by atoms with Crippen LogP contribution in [0.4, 0.5) is 0 Å². The zero-order chi connectivity index (χ0) is 11.1. The molecule has 1 saturated heterocycles. The Morgan fingerprint density at radius 3 is 2.80 bits per heavy atom. The van der Waals surface area contributed by atoms with Gasteiger partial charge in [0, 0.05) is 32.3 Å². The average Bonchev–Trinajstić information content (AvgIpc) is 2.64. The summed E-state index contributed by atoms with van der Waals surface area (Å²) in [7, 11) is 1.77. The van der Waals surface area contributed by atoms with Crippen LogP contribution in [-0.2, 0) is 9.47 Å². The molecule has 1 fully saturated rings. The van der Waals surface area contributed by atoms with Crippen molar-refractivity contribution in [2.75, 3.05) is 40.0 Å². The maximum atomic E-state index is 5.52. The van der Waals surface area contributed by atoms with Gasteiger partial charge in [0.1, 0.15) is 0 Å². The second-order valence-electron chi connectivity index (χ2n) is 5.07. The minimum absolute atomic E-state index is 0.324. The molecule has 3 nitrogen and oxygen atoms in total. The predicted octanol–water partition coefficient (Wildman–Crippen LogP) is 1.68. The Hall–Kier alpha value is -0.120. The molecule has 1 aliphatic rings. The van der Waals surface area contributed by atoms with E-state index in [4.69, 9.17) is 9.47 Å². The van der Waals surface area contributed by atoms with Gasteiger partial charge in [-0.1, -0.05) is 13.8 Å². The van der Waals surface area contributed by atoms with Gasteiger partial charge in [-0.05, 0) is 25.3 Å². The van der Waals surface area contributed by atoms with Crippen molar-refractivity contribution in [2.45, 2.75) is 26.7 Å². The molecular weight excluding hydrogens is 190 g/mol. The molecule has 0 radical (unpaired) electrons. The van der Waals surface area contributed by atoms with Gasteiger partial charge >= 0.3 is 0 Å². The third kappa shape index (κ3) is 4.49. The van der Waals surface area contributed by atoms with Gasteiger partial charge in [0.25, 0.3) is 0 Å². The van der Waals surface area contributed by atoms with Crippen molar-refractivity contribution >= 4 is 0 Å². The molecule has 0 aromatic carbocycles. The predicted molar refractivity (Wildman–Crippen MR) is 62.1 cm³/mol. The van der Waals surface area contributed by atoms with Gasteiger partial charge < -0.3 is 14.8 Å². The second-order valence-corrected chi connectivity index (χ2v) is 5.07. The lowest BCUT2D eigenvalue weighted by atomic mass is 9.84. The monoisotopic (exact) mass is 215 g/mol. The van der Waals surface area contributed by atoms with Crippen LogP contribution >= 0.6 is 0 Å². The lowest BCUT2D eigenvalue weighted by Gasteiger charge is -2.27. The topological polar surface area (TPSA) is 30.5 Å². The van der Waals surface area contributed by atoms with Gasteiger partial charge in [0.05, 0.1) is 6.61 Å². The smallest absolute Gasteiger partial charge is 0.0536 e. The fourth-order valence-corrected chi connectivity index (χ4v) is 2.02. The third-order valence-corrected chi connectivity index (χ3v) is 3.07. The number of hydrogen-bond acceptors (Lipinski definition) is 3. The third-order valence-electron chi connectivity index (χ3n) is 3.07. The molecular formula is C12H25NO2. The largest absolute Gasteiger partial charge is 0.385 e. The fourth-order valence-electron chi connectivity index (χ4n) is 2.02. The van der Waals surface area contributed by atoms with Crippen LogP contribution in [0.1, 0.15) is 26.7 Å². The molecule has 15 heavy (non-hydrogen) atoms. The van der Waals surface area contributed by atoms with Crippen molar-refractivity contribution in [1.29, 1.82) is 0 Å². The average molecular weight is 215 g/mol. The fraction of sp³-hybridized carbons (Fsp3) is 1.00. The van der Waals surface area contributed by atoms with E-state index in [0.29, 0.717) is 11.3 Å². The van der Waals surface area contributed by atoms with Crippen LogP contribution in [0.3, 0.4) is 0 Å². The van der Waals surface area contributed by atoms with Crippen LogP contribution in [0.2, 0.25) is 0 Å². The van der Waals surface area contributed by atoms with Gasteiger partial charge in [-0.25, -0.2) is 0 Å². The molecule has 1 heterocycles. The Morgan fingerprint density at radius 1 is 1.47 bits per heavy atom. The van der Waals surface area contributed by atoms with Crippen molar-refractivity contribution in [2.24, 2.45) is 11.3 Å². The molecule has 0 saturated carbocycles. The Kier molecular flexibility index (Phi) is 5.58. The van der Waals surface area contributed by atoms with Gasteiger partial charge in [-0.15, -0.1) is 0 Å². The summed E-state index contributed by atoms with van der Waals surface area (Å²) in [5.74, 6) is 0.715. The van der Waals surface area contributed by atoms with E-state index >= 15 is 0 Å². The summed E-state index contributed by atoms with van der Waals surface area (Å²) in [6.45, 7) is 9.27. The SMILES string of the molecule is COCCC1(CNCC(C)C)CCOC1. The van der Waals surface area contributed by atoms with Crippen LogP contribution in [-0.4, -0.2) is 40.0 Å². The number of methoxy groups -OCH3 is 1. The van der Waals surface area contributed by atoms with Gasteiger partial charge in [-0.3, -0.25) is 0 Å². The molecule has 0 aromatic heterocycles. The molecule has 3 heteroatoms. The molecule has 0 spiro atoms. The van der Waals surface area contributed by atoms with E-state index in [0.717, 1.165) is 39.3 Å². The van der Waals surface area contributed by atoms with E-state index in [2.05, 4.69) is 19.2 Å². The summed E-state index contributed by atoms with van der Waals surface area (Å²) < 4.78 is 10.7. The van der Waals surface area contributed by atoms with E-state index in [-0.39, 0.29) is 0 Å². The van der Waals surface area contributed by atoms with E-state index in [1.807, 2.05) is 0 Å². The molecule has 0 aliphatic carbocycles. The summed E-state index contributed by atoms with van der Waals surface area (Å²) in [6.07, 6.45) is 2.27. The maximum Gasteiger partial charge on any atom is 0.0536 e. The van der Waals surface area contributed by atoms with E-state index < -0.39 is 0 Å². The first-order valence-corrected chi connectivity index (χ1v) is 5.96. The standard InChI is InChI=1S/C12H25NO2/c1-11(2)8-13-9-12(4-6-14-3)5-7-15-10-12/h11,13H,4-10H2,1-3H3. The van der Waals surface area contributed by atoms with E-state index in [9.17, 15) is 0 Å². The highest BCUT2D eigenvalue weighted by atomic mass is 16.5. The Morgan fingerprint density at radius 2 is 2.27 bits per heavy atom. The Labute approximate surface area is 93.5 Å². The molecule has 1 rings (SSSR count). The first-order chi connectivity index (χ1) is 7.18. The molecule has 0 amide bonds. The molecule has 1 unspecified atom stereocenters. The van der Waals surface area contributed by atoms with Crippen molar-refractivity contribution in [3.05, 3.63) is 0 Å². The number of hydrogen-bond donors (Lipinski definition) is 1. The van der Waals surface area contributed by atoms with Gasteiger partial charge in [0.2, 0.25) is 0 Å². The van der Waals surface area contributed by atoms with Crippen LogP contribution in [0.15, 0.2) is 0 Å². The van der Waals surface area contributed by atoms with Crippen LogP contribution < -0.4 is 5.32 Å². The molecule has 0 aromatic rings. The summed E-state index contributed by atoms with van der Waals surface area (Å²) in [5, 5.41) is 3.54. The summed E-state index contributed by atoms with van der Waals surface area (Å²) in [6, 6.07) is 0. The maximum absolute atomic E-state index is 5.52. The number of nitrogens with one attached hydrogen (secondary N) is 1. The van der Waals surface area contributed by atoms with Gasteiger partial charge in [0.15, 0.2) is 0 Å². The molecule has 1 atom stereocenters. The lowest BCUT2D eigenvalue weighted by molar-refractivity contribution is 0.106.